The second-order valence-electron chi connectivity index (χ2n) is 6.85. The lowest BCUT2D eigenvalue weighted by molar-refractivity contribution is 0.462. The Balaban J connectivity index is 2.08. The molecule has 112 valence electrons. The van der Waals surface area contributed by atoms with Gasteiger partial charge in [-0.1, -0.05) is 33.8 Å². The molecule has 2 aromatic rings. The van der Waals surface area contributed by atoms with Crippen LogP contribution in [0, 0.1) is 5.92 Å². The Bertz CT molecular complexity index is 559. The SMILES string of the molecule is CC(C)Cc1ccnc(C(C)(C)CCc2ccccn2)c1. The number of rotatable bonds is 6. The summed E-state index contributed by atoms with van der Waals surface area (Å²) in [6.45, 7) is 9.06. The zero-order chi connectivity index (χ0) is 15.3. The Morgan fingerprint density at radius 3 is 2.52 bits per heavy atom. The molecule has 0 N–H and O–H groups in total. The van der Waals surface area contributed by atoms with Crippen molar-refractivity contribution in [2.24, 2.45) is 5.92 Å². The van der Waals surface area contributed by atoms with E-state index in [2.05, 4.69) is 61.9 Å². The second kappa shape index (κ2) is 6.84. The molecule has 0 amide bonds. The minimum Gasteiger partial charge on any atom is -0.261 e. The highest BCUT2D eigenvalue weighted by atomic mass is 14.7. The van der Waals surface area contributed by atoms with Crippen LogP contribution in [-0.2, 0) is 18.3 Å². The summed E-state index contributed by atoms with van der Waals surface area (Å²) in [7, 11) is 0. The summed E-state index contributed by atoms with van der Waals surface area (Å²) >= 11 is 0. The van der Waals surface area contributed by atoms with Gasteiger partial charge >= 0.3 is 0 Å². The van der Waals surface area contributed by atoms with Gasteiger partial charge in [0.1, 0.15) is 0 Å². The Morgan fingerprint density at radius 1 is 1.05 bits per heavy atom. The van der Waals surface area contributed by atoms with Crippen LogP contribution in [0.2, 0.25) is 0 Å². The summed E-state index contributed by atoms with van der Waals surface area (Å²) < 4.78 is 0. The topological polar surface area (TPSA) is 25.8 Å². The van der Waals surface area contributed by atoms with Gasteiger partial charge in [-0.3, -0.25) is 9.97 Å². The molecule has 0 bridgehead atoms. The molecule has 0 radical (unpaired) electrons. The zero-order valence-electron chi connectivity index (χ0n) is 13.6. The van der Waals surface area contributed by atoms with Crippen LogP contribution < -0.4 is 0 Å². The molecule has 0 spiro atoms. The fourth-order valence-corrected chi connectivity index (χ4v) is 2.56. The van der Waals surface area contributed by atoms with Crippen molar-refractivity contribution in [1.82, 2.24) is 9.97 Å². The van der Waals surface area contributed by atoms with E-state index in [1.807, 2.05) is 18.5 Å². The van der Waals surface area contributed by atoms with Crippen LogP contribution in [0.3, 0.4) is 0 Å². The number of hydrogen-bond acceptors (Lipinski definition) is 2. The average Bonchev–Trinajstić information content (AvgIpc) is 2.46. The molecular weight excluding hydrogens is 256 g/mol. The molecule has 21 heavy (non-hydrogen) atoms. The molecular formula is C19H26N2. The molecule has 0 aliphatic carbocycles. The maximum Gasteiger partial charge on any atom is 0.0462 e. The number of aryl methyl sites for hydroxylation is 1. The van der Waals surface area contributed by atoms with Crippen molar-refractivity contribution in [1.29, 1.82) is 0 Å². The third kappa shape index (κ3) is 4.66. The third-order valence-corrected chi connectivity index (χ3v) is 3.89. The van der Waals surface area contributed by atoms with Gasteiger partial charge in [-0.15, -0.1) is 0 Å². The number of nitrogens with zero attached hydrogens (tertiary/aromatic N) is 2. The summed E-state index contributed by atoms with van der Waals surface area (Å²) in [5.41, 5.74) is 3.81. The molecule has 0 aromatic carbocycles. The van der Waals surface area contributed by atoms with Gasteiger partial charge in [0.05, 0.1) is 0 Å². The summed E-state index contributed by atoms with van der Waals surface area (Å²) in [5.74, 6) is 0.678. The summed E-state index contributed by atoms with van der Waals surface area (Å²) in [6, 6.07) is 10.5. The Kier molecular flexibility index (Phi) is 5.11. The van der Waals surface area contributed by atoms with Crippen molar-refractivity contribution in [3.05, 3.63) is 59.7 Å². The van der Waals surface area contributed by atoms with E-state index in [1.54, 1.807) is 0 Å². The predicted molar refractivity (Wildman–Crippen MR) is 88.4 cm³/mol. The van der Waals surface area contributed by atoms with Gasteiger partial charge in [-0.25, -0.2) is 0 Å². The molecule has 0 aliphatic rings. The van der Waals surface area contributed by atoms with Crippen molar-refractivity contribution in [3.63, 3.8) is 0 Å². The molecule has 0 saturated heterocycles. The lowest BCUT2D eigenvalue weighted by Crippen LogP contribution is -2.20. The maximum absolute atomic E-state index is 4.61. The quantitative estimate of drug-likeness (QED) is 0.774. The van der Waals surface area contributed by atoms with E-state index in [1.165, 1.54) is 11.3 Å². The molecule has 0 unspecified atom stereocenters. The van der Waals surface area contributed by atoms with Gasteiger partial charge < -0.3 is 0 Å². The number of hydrogen-bond donors (Lipinski definition) is 0. The third-order valence-electron chi connectivity index (χ3n) is 3.89. The van der Waals surface area contributed by atoms with Crippen molar-refractivity contribution < 1.29 is 0 Å². The van der Waals surface area contributed by atoms with Crippen LogP contribution in [0.15, 0.2) is 42.7 Å². The van der Waals surface area contributed by atoms with Crippen molar-refractivity contribution in [2.75, 3.05) is 0 Å². The first-order chi connectivity index (χ1) is 9.97. The van der Waals surface area contributed by atoms with Crippen LogP contribution in [0.1, 0.15) is 51.1 Å². The van der Waals surface area contributed by atoms with Gasteiger partial charge in [-0.05, 0) is 55.0 Å². The van der Waals surface area contributed by atoms with Crippen LogP contribution in [-0.4, -0.2) is 9.97 Å². The zero-order valence-corrected chi connectivity index (χ0v) is 13.6. The van der Waals surface area contributed by atoms with E-state index in [-0.39, 0.29) is 5.41 Å². The highest BCUT2D eigenvalue weighted by Crippen LogP contribution is 2.27. The Labute approximate surface area is 128 Å². The van der Waals surface area contributed by atoms with Crippen LogP contribution in [0.5, 0.6) is 0 Å². The van der Waals surface area contributed by atoms with Gasteiger partial charge in [0.2, 0.25) is 0 Å². The van der Waals surface area contributed by atoms with E-state index in [9.17, 15) is 0 Å². The van der Waals surface area contributed by atoms with Crippen molar-refractivity contribution in [2.45, 2.75) is 52.4 Å². The highest BCUT2D eigenvalue weighted by molar-refractivity contribution is 5.23. The van der Waals surface area contributed by atoms with Crippen molar-refractivity contribution >= 4 is 0 Å². The predicted octanol–water partition coefficient (Wildman–Crippen LogP) is 4.59. The van der Waals surface area contributed by atoms with Gasteiger partial charge in [0.25, 0.3) is 0 Å². The molecule has 2 heterocycles. The molecule has 0 atom stereocenters. The molecule has 2 aromatic heterocycles. The minimum atomic E-state index is 0.0739. The van der Waals surface area contributed by atoms with Gasteiger partial charge in [0.15, 0.2) is 0 Å². The lowest BCUT2D eigenvalue weighted by Gasteiger charge is -2.24. The van der Waals surface area contributed by atoms with Crippen LogP contribution in [0.25, 0.3) is 0 Å². The largest absolute Gasteiger partial charge is 0.261 e. The Hall–Kier alpha value is -1.70. The summed E-state index contributed by atoms with van der Waals surface area (Å²) in [4.78, 5) is 9.02. The van der Waals surface area contributed by atoms with Crippen molar-refractivity contribution in [3.8, 4) is 0 Å². The summed E-state index contributed by atoms with van der Waals surface area (Å²) in [6.07, 6.45) is 6.98. The Morgan fingerprint density at radius 2 is 1.86 bits per heavy atom. The first-order valence-corrected chi connectivity index (χ1v) is 7.83. The first kappa shape index (κ1) is 15.7. The van der Waals surface area contributed by atoms with Gasteiger partial charge in [-0.2, -0.15) is 0 Å². The number of pyridine rings is 2. The summed E-state index contributed by atoms with van der Waals surface area (Å²) in [5, 5.41) is 0. The smallest absolute Gasteiger partial charge is 0.0462 e. The van der Waals surface area contributed by atoms with Gasteiger partial charge in [0, 0.05) is 29.2 Å². The molecule has 2 rings (SSSR count). The lowest BCUT2D eigenvalue weighted by atomic mass is 9.82. The highest BCUT2D eigenvalue weighted by Gasteiger charge is 2.22. The molecule has 2 nitrogen and oxygen atoms in total. The van der Waals surface area contributed by atoms with E-state index < -0.39 is 0 Å². The maximum atomic E-state index is 4.61. The number of aromatic nitrogens is 2. The second-order valence-corrected chi connectivity index (χ2v) is 6.85. The first-order valence-electron chi connectivity index (χ1n) is 7.83. The van der Waals surface area contributed by atoms with E-state index in [0.717, 1.165) is 25.0 Å². The van der Waals surface area contributed by atoms with E-state index >= 15 is 0 Å². The molecule has 0 aliphatic heterocycles. The molecule has 0 saturated carbocycles. The fourth-order valence-electron chi connectivity index (χ4n) is 2.56. The van der Waals surface area contributed by atoms with E-state index in [0.29, 0.717) is 5.92 Å². The minimum absolute atomic E-state index is 0.0739. The molecule has 0 fully saturated rings. The fraction of sp³-hybridized carbons (Fsp3) is 0.474. The average molecular weight is 282 g/mol. The molecule has 2 heteroatoms. The van der Waals surface area contributed by atoms with E-state index in [4.69, 9.17) is 0 Å². The normalized spacial score (nSPS) is 11.9. The van der Waals surface area contributed by atoms with Crippen LogP contribution >= 0.6 is 0 Å². The standard InChI is InChI=1S/C19H26N2/c1-15(2)13-16-9-12-21-18(14-16)19(3,4)10-8-17-7-5-6-11-20-17/h5-7,9,11-12,14-15H,8,10,13H2,1-4H3. The monoisotopic (exact) mass is 282 g/mol. The van der Waals surface area contributed by atoms with Crippen LogP contribution in [0.4, 0.5) is 0 Å².